The van der Waals surface area contributed by atoms with E-state index in [9.17, 15) is 0 Å². The van der Waals surface area contributed by atoms with Gasteiger partial charge in [0.2, 0.25) is 5.28 Å². The fourth-order valence-corrected chi connectivity index (χ4v) is 7.01. The Balaban J connectivity index is 1.29. The zero-order valence-corrected chi connectivity index (χ0v) is 21.1. The summed E-state index contributed by atoms with van der Waals surface area (Å²) in [5.41, 5.74) is 4.45. The number of rotatable bonds is 5. The van der Waals surface area contributed by atoms with Crippen molar-refractivity contribution in [2.75, 3.05) is 20.1 Å². The van der Waals surface area contributed by atoms with Gasteiger partial charge in [-0.1, -0.05) is 30.3 Å². The van der Waals surface area contributed by atoms with Crippen LogP contribution < -0.4 is 0 Å². The molecule has 176 valence electrons. The summed E-state index contributed by atoms with van der Waals surface area (Å²) in [7, 11) is 2.27. The summed E-state index contributed by atoms with van der Waals surface area (Å²) in [4.78, 5) is 16.5. The first-order chi connectivity index (χ1) is 16.6. The number of fused-ring (bicyclic) bond motifs is 1. The predicted octanol–water partition coefficient (Wildman–Crippen LogP) is 6.48. The largest absolute Gasteiger partial charge is 0.329 e. The Labute approximate surface area is 209 Å². The van der Waals surface area contributed by atoms with Crippen molar-refractivity contribution in [1.82, 2.24) is 24.4 Å². The lowest BCUT2D eigenvalue weighted by atomic mass is 9.84. The number of hydrogen-bond acceptors (Lipinski definition) is 5. The average molecular weight is 492 g/mol. The lowest BCUT2D eigenvalue weighted by molar-refractivity contribution is 0.159. The van der Waals surface area contributed by atoms with Gasteiger partial charge < -0.3 is 9.47 Å². The Morgan fingerprint density at radius 1 is 1.09 bits per heavy atom. The first-order valence-electron chi connectivity index (χ1n) is 12.3. The standard InChI is InChI=1S/C27H30ClN5S/c1-32-11-5-8-20(15-32)19-9-10-22(13-19)33-16-24(23-14-29-27(28)31-25(23)33)26-30-21(17-34-26)12-18-6-3-2-4-7-18/h2-4,6-7,14,16-17,19-20,22H,5,8-13,15H2,1H3. The molecule has 0 amide bonds. The Morgan fingerprint density at radius 2 is 1.97 bits per heavy atom. The molecule has 1 aliphatic carbocycles. The van der Waals surface area contributed by atoms with E-state index in [1.165, 1.54) is 50.8 Å². The molecule has 6 rings (SSSR count). The molecule has 7 heteroatoms. The van der Waals surface area contributed by atoms with Crippen molar-refractivity contribution in [3.8, 4) is 10.6 Å². The lowest BCUT2D eigenvalue weighted by Crippen LogP contribution is -2.35. The SMILES string of the molecule is CN1CCCC(C2CCC(n3cc(-c4nc(Cc5ccccc5)cs4)c4cnc(Cl)nc43)C2)C1. The van der Waals surface area contributed by atoms with Gasteiger partial charge >= 0.3 is 0 Å². The number of aromatic nitrogens is 4. The zero-order valence-electron chi connectivity index (χ0n) is 19.5. The second kappa shape index (κ2) is 9.40. The van der Waals surface area contributed by atoms with Crippen molar-refractivity contribution in [1.29, 1.82) is 0 Å². The number of thiazole rings is 1. The van der Waals surface area contributed by atoms with Gasteiger partial charge in [0.25, 0.3) is 0 Å². The summed E-state index contributed by atoms with van der Waals surface area (Å²) in [5.74, 6) is 1.62. The molecule has 3 aromatic heterocycles. The van der Waals surface area contributed by atoms with E-state index in [4.69, 9.17) is 16.6 Å². The fraction of sp³-hybridized carbons (Fsp3) is 0.444. The second-order valence-corrected chi connectivity index (χ2v) is 11.2. The molecule has 0 radical (unpaired) electrons. The minimum atomic E-state index is 0.311. The first kappa shape index (κ1) is 22.2. The molecule has 5 nitrogen and oxygen atoms in total. The van der Waals surface area contributed by atoms with Gasteiger partial charge in [0.05, 0.1) is 5.69 Å². The van der Waals surface area contributed by atoms with Gasteiger partial charge in [-0.05, 0) is 74.7 Å². The minimum Gasteiger partial charge on any atom is -0.329 e. The van der Waals surface area contributed by atoms with Gasteiger partial charge in [0, 0.05) is 47.7 Å². The second-order valence-electron chi connectivity index (χ2n) is 10.0. The molecule has 1 saturated carbocycles. The Hall–Kier alpha value is -2.28. The van der Waals surface area contributed by atoms with Crippen LogP contribution in [0.2, 0.25) is 5.28 Å². The first-order valence-corrected chi connectivity index (χ1v) is 13.6. The third-order valence-corrected chi connectivity index (χ3v) is 8.83. The highest BCUT2D eigenvalue weighted by Crippen LogP contribution is 2.44. The van der Waals surface area contributed by atoms with Crippen LogP contribution in [0.5, 0.6) is 0 Å². The summed E-state index contributed by atoms with van der Waals surface area (Å²) in [6, 6.07) is 11.0. The summed E-state index contributed by atoms with van der Waals surface area (Å²) in [5, 5.41) is 4.56. The monoisotopic (exact) mass is 491 g/mol. The van der Waals surface area contributed by atoms with Crippen molar-refractivity contribution < 1.29 is 0 Å². The molecule has 2 fully saturated rings. The van der Waals surface area contributed by atoms with Gasteiger partial charge in [0.1, 0.15) is 10.7 Å². The maximum Gasteiger partial charge on any atom is 0.224 e. The molecule has 34 heavy (non-hydrogen) atoms. The summed E-state index contributed by atoms with van der Waals surface area (Å²) in [6.07, 6.45) is 11.4. The third-order valence-electron chi connectivity index (χ3n) is 7.72. The van der Waals surface area contributed by atoms with E-state index < -0.39 is 0 Å². The van der Waals surface area contributed by atoms with Gasteiger partial charge in [-0.2, -0.15) is 4.98 Å². The van der Waals surface area contributed by atoms with Crippen molar-refractivity contribution in [2.45, 2.75) is 44.6 Å². The molecule has 1 aliphatic heterocycles. The van der Waals surface area contributed by atoms with E-state index in [2.05, 4.69) is 68.4 Å². The van der Waals surface area contributed by atoms with E-state index in [1.807, 2.05) is 6.20 Å². The number of halogens is 1. The number of piperidine rings is 1. The molecule has 1 saturated heterocycles. The van der Waals surface area contributed by atoms with E-state index in [-0.39, 0.29) is 0 Å². The summed E-state index contributed by atoms with van der Waals surface area (Å²) < 4.78 is 2.38. The molecule has 0 spiro atoms. The maximum atomic E-state index is 6.26. The molecule has 0 N–H and O–H groups in total. The molecular formula is C27H30ClN5S. The fourth-order valence-electron chi connectivity index (χ4n) is 6.04. The molecule has 0 bridgehead atoms. The van der Waals surface area contributed by atoms with Gasteiger partial charge in [0.15, 0.2) is 0 Å². The van der Waals surface area contributed by atoms with Crippen LogP contribution >= 0.6 is 22.9 Å². The van der Waals surface area contributed by atoms with Crippen LogP contribution in [0.15, 0.2) is 48.1 Å². The topological polar surface area (TPSA) is 46.8 Å². The van der Waals surface area contributed by atoms with Crippen LogP contribution in [0.1, 0.15) is 49.4 Å². The van der Waals surface area contributed by atoms with Gasteiger partial charge in [-0.3, -0.25) is 0 Å². The highest BCUT2D eigenvalue weighted by Gasteiger charge is 2.34. The van der Waals surface area contributed by atoms with Crippen LogP contribution in [0.3, 0.4) is 0 Å². The van der Waals surface area contributed by atoms with Gasteiger partial charge in [-0.25, -0.2) is 9.97 Å². The number of nitrogens with zero attached hydrogens (tertiary/aromatic N) is 5. The Kier molecular flexibility index (Phi) is 6.14. The van der Waals surface area contributed by atoms with E-state index >= 15 is 0 Å². The Bertz CT molecular complexity index is 1280. The van der Waals surface area contributed by atoms with E-state index in [0.717, 1.165) is 45.6 Å². The number of hydrogen-bond donors (Lipinski definition) is 0. The molecule has 1 aromatic carbocycles. The van der Waals surface area contributed by atoms with Crippen molar-refractivity contribution in [3.63, 3.8) is 0 Å². The third kappa shape index (κ3) is 4.39. The van der Waals surface area contributed by atoms with Crippen LogP contribution in [0.4, 0.5) is 0 Å². The molecule has 2 aliphatic rings. The highest BCUT2D eigenvalue weighted by atomic mass is 35.5. The molecule has 4 aromatic rings. The lowest BCUT2D eigenvalue weighted by Gasteiger charge is -2.33. The summed E-state index contributed by atoms with van der Waals surface area (Å²) >= 11 is 7.96. The molecule has 4 heterocycles. The predicted molar refractivity (Wildman–Crippen MR) is 139 cm³/mol. The zero-order chi connectivity index (χ0) is 23.1. The van der Waals surface area contributed by atoms with E-state index in [0.29, 0.717) is 11.3 Å². The quantitative estimate of drug-likeness (QED) is 0.300. The van der Waals surface area contributed by atoms with Crippen LogP contribution in [0, 0.1) is 11.8 Å². The summed E-state index contributed by atoms with van der Waals surface area (Å²) in [6.45, 7) is 2.49. The smallest absolute Gasteiger partial charge is 0.224 e. The van der Waals surface area contributed by atoms with Crippen molar-refractivity contribution in [2.24, 2.45) is 11.8 Å². The Morgan fingerprint density at radius 3 is 2.82 bits per heavy atom. The van der Waals surface area contributed by atoms with E-state index in [1.54, 1.807) is 11.3 Å². The molecule has 3 atom stereocenters. The number of likely N-dealkylation sites (tertiary alicyclic amines) is 1. The van der Waals surface area contributed by atoms with Crippen LogP contribution in [-0.2, 0) is 6.42 Å². The molecule has 3 unspecified atom stereocenters. The average Bonchev–Trinajstić information content (AvgIpc) is 3.58. The number of benzene rings is 1. The normalized spacial score (nSPS) is 23.6. The maximum absolute atomic E-state index is 6.26. The van der Waals surface area contributed by atoms with Crippen molar-refractivity contribution in [3.05, 3.63) is 64.6 Å². The highest BCUT2D eigenvalue weighted by molar-refractivity contribution is 7.13. The molecular weight excluding hydrogens is 462 g/mol. The van der Waals surface area contributed by atoms with Crippen molar-refractivity contribution >= 4 is 34.0 Å². The van der Waals surface area contributed by atoms with Crippen LogP contribution in [0.25, 0.3) is 21.6 Å². The van der Waals surface area contributed by atoms with Gasteiger partial charge in [-0.15, -0.1) is 11.3 Å². The van der Waals surface area contributed by atoms with Crippen LogP contribution in [-0.4, -0.2) is 44.6 Å². The minimum absolute atomic E-state index is 0.311.